The summed E-state index contributed by atoms with van der Waals surface area (Å²) in [6.45, 7) is 6.86. The number of hydrogen-bond donors (Lipinski definition) is 1. The van der Waals surface area contributed by atoms with E-state index in [4.69, 9.17) is 4.98 Å². The van der Waals surface area contributed by atoms with E-state index >= 15 is 0 Å². The van der Waals surface area contributed by atoms with Gasteiger partial charge >= 0.3 is 0 Å². The molecule has 0 bridgehead atoms. The zero-order chi connectivity index (χ0) is 15.0. The maximum atomic E-state index is 4.85. The molecule has 2 heterocycles. The van der Waals surface area contributed by atoms with Gasteiger partial charge in [-0.25, -0.2) is 4.98 Å². The second-order valence-electron chi connectivity index (χ2n) is 6.54. The van der Waals surface area contributed by atoms with Crippen molar-refractivity contribution < 1.29 is 0 Å². The molecule has 0 amide bonds. The minimum atomic E-state index is 0.294. The number of likely N-dealkylation sites (tertiary alicyclic amines) is 1. The molecule has 1 N–H and O–H groups in total. The van der Waals surface area contributed by atoms with E-state index in [0.29, 0.717) is 11.6 Å². The fraction of sp³-hybridized carbons (Fsp3) is 0.588. The van der Waals surface area contributed by atoms with Gasteiger partial charge in [0.1, 0.15) is 5.82 Å². The maximum Gasteiger partial charge on any atom is 0.126 e. The number of hydrogen-bond acceptors (Lipinski definition) is 3. The van der Waals surface area contributed by atoms with E-state index in [9.17, 15) is 0 Å². The summed E-state index contributed by atoms with van der Waals surface area (Å²) >= 11 is 0. The number of piperidine rings is 1. The fourth-order valence-corrected chi connectivity index (χ4v) is 3.36. The van der Waals surface area contributed by atoms with Crippen LogP contribution < -0.4 is 5.32 Å². The first kappa shape index (κ1) is 14.5. The van der Waals surface area contributed by atoms with Gasteiger partial charge in [-0.3, -0.25) is 4.90 Å². The van der Waals surface area contributed by atoms with Crippen LogP contribution in [0.5, 0.6) is 0 Å². The van der Waals surface area contributed by atoms with Crippen LogP contribution in [-0.4, -0.2) is 40.1 Å². The Hall–Kier alpha value is -1.39. The maximum absolute atomic E-state index is 4.85. The Balaban J connectivity index is 1.81. The molecule has 4 nitrogen and oxygen atoms in total. The lowest BCUT2D eigenvalue weighted by molar-refractivity contribution is 0.112. The molecule has 4 heteroatoms. The number of imidazole rings is 1. The summed E-state index contributed by atoms with van der Waals surface area (Å²) in [4.78, 5) is 7.41. The summed E-state index contributed by atoms with van der Waals surface area (Å²) in [6, 6.07) is 8.75. The van der Waals surface area contributed by atoms with Gasteiger partial charge in [0.2, 0.25) is 0 Å². The molecule has 114 valence electrons. The van der Waals surface area contributed by atoms with Crippen LogP contribution in [0.4, 0.5) is 0 Å². The highest BCUT2D eigenvalue weighted by Gasteiger charge is 2.31. The van der Waals surface area contributed by atoms with Crippen molar-refractivity contribution in [1.29, 1.82) is 0 Å². The second-order valence-corrected chi connectivity index (χ2v) is 6.54. The van der Waals surface area contributed by atoms with Crippen LogP contribution in [-0.2, 0) is 7.05 Å². The van der Waals surface area contributed by atoms with Crippen molar-refractivity contribution in [2.45, 2.75) is 38.3 Å². The summed E-state index contributed by atoms with van der Waals surface area (Å²) in [7, 11) is 4.20. The van der Waals surface area contributed by atoms with Gasteiger partial charge in [-0.2, -0.15) is 0 Å². The third kappa shape index (κ3) is 2.58. The molecule has 1 fully saturated rings. The Morgan fingerprint density at radius 1 is 1.24 bits per heavy atom. The molecule has 0 spiro atoms. The molecule has 0 aliphatic carbocycles. The Labute approximate surface area is 127 Å². The number of aryl methyl sites for hydroxylation is 1. The Morgan fingerprint density at radius 2 is 1.90 bits per heavy atom. The average molecular weight is 286 g/mol. The van der Waals surface area contributed by atoms with Gasteiger partial charge < -0.3 is 9.88 Å². The van der Waals surface area contributed by atoms with Crippen LogP contribution in [0.3, 0.4) is 0 Å². The monoisotopic (exact) mass is 286 g/mol. The van der Waals surface area contributed by atoms with Crippen LogP contribution in [0.15, 0.2) is 24.3 Å². The van der Waals surface area contributed by atoms with Crippen LogP contribution in [0.25, 0.3) is 11.0 Å². The van der Waals surface area contributed by atoms with Crippen molar-refractivity contribution in [3.8, 4) is 0 Å². The molecule has 1 saturated heterocycles. The topological polar surface area (TPSA) is 33.1 Å². The molecule has 1 aromatic carbocycles. The van der Waals surface area contributed by atoms with Crippen LogP contribution in [0.2, 0.25) is 0 Å². The van der Waals surface area contributed by atoms with Crippen molar-refractivity contribution in [2.24, 2.45) is 7.05 Å². The van der Waals surface area contributed by atoms with Crippen molar-refractivity contribution in [2.75, 3.05) is 20.1 Å². The zero-order valence-electron chi connectivity index (χ0n) is 13.6. The highest BCUT2D eigenvalue weighted by atomic mass is 15.2. The molecule has 0 saturated carbocycles. The lowest BCUT2D eigenvalue weighted by atomic mass is 9.89. The number of nitrogens with one attached hydrogen (secondary N) is 1. The zero-order valence-corrected chi connectivity index (χ0v) is 13.6. The van der Waals surface area contributed by atoms with Gasteiger partial charge in [0.05, 0.1) is 17.1 Å². The summed E-state index contributed by atoms with van der Waals surface area (Å²) in [6.07, 6.45) is 2.38. The summed E-state index contributed by atoms with van der Waals surface area (Å²) in [5, 5.41) is 3.46. The predicted octanol–water partition coefficient (Wildman–Crippen LogP) is 2.71. The minimum absolute atomic E-state index is 0.294. The normalized spacial score (nSPS) is 20.8. The second kappa shape index (κ2) is 5.43. The van der Waals surface area contributed by atoms with E-state index in [1.54, 1.807) is 0 Å². The summed E-state index contributed by atoms with van der Waals surface area (Å²) < 4.78 is 2.24. The number of benzene rings is 1. The van der Waals surface area contributed by atoms with Gasteiger partial charge in [0.15, 0.2) is 0 Å². The van der Waals surface area contributed by atoms with Gasteiger partial charge in [-0.05, 0) is 45.9 Å². The SMILES string of the molecule is CNC1(C)CCN(C(C)c2nc3ccccc3n2C)CC1. The molecule has 1 aromatic heterocycles. The van der Waals surface area contributed by atoms with Crippen molar-refractivity contribution >= 4 is 11.0 Å². The highest BCUT2D eigenvalue weighted by molar-refractivity contribution is 5.75. The van der Waals surface area contributed by atoms with Gasteiger partial charge in [0, 0.05) is 25.7 Å². The van der Waals surface area contributed by atoms with Gasteiger partial charge in [-0.15, -0.1) is 0 Å². The molecular formula is C17H26N4. The molecule has 1 aliphatic heterocycles. The van der Waals surface area contributed by atoms with Crippen LogP contribution in [0.1, 0.15) is 38.6 Å². The Morgan fingerprint density at radius 3 is 2.52 bits per heavy atom. The van der Waals surface area contributed by atoms with Crippen molar-refractivity contribution in [3.63, 3.8) is 0 Å². The number of nitrogens with zero attached hydrogens (tertiary/aromatic N) is 3. The molecule has 2 aromatic rings. The third-order valence-corrected chi connectivity index (χ3v) is 5.25. The summed E-state index contributed by atoms with van der Waals surface area (Å²) in [5.41, 5.74) is 2.61. The first-order valence-electron chi connectivity index (χ1n) is 7.88. The molecule has 1 aliphatic rings. The highest BCUT2D eigenvalue weighted by Crippen LogP contribution is 2.29. The predicted molar refractivity (Wildman–Crippen MR) is 87.4 cm³/mol. The third-order valence-electron chi connectivity index (χ3n) is 5.25. The van der Waals surface area contributed by atoms with E-state index in [-0.39, 0.29) is 0 Å². The minimum Gasteiger partial charge on any atom is -0.330 e. The van der Waals surface area contributed by atoms with E-state index in [1.165, 1.54) is 24.2 Å². The lowest BCUT2D eigenvalue weighted by Crippen LogP contribution is -2.50. The van der Waals surface area contributed by atoms with E-state index in [0.717, 1.165) is 18.6 Å². The number of fused-ring (bicyclic) bond motifs is 1. The smallest absolute Gasteiger partial charge is 0.126 e. The number of para-hydroxylation sites is 2. The largest absolute Gasteiger partial charge is 0.330 e. The molecule has 0 radical (unpaired) electrons. The van der Waals surface area contributed by atoms with Crippen LogP contribution >= 0.6 is 0 Å². The molecule has 1 atom stereocenters. The van der Waals surface area contributed by atoms with E-state index in [2.05, 4.69) is 67.0 Å². The first-order valence-corrected chi connectivity index (χ1v) is 7.88. The average Bonchev–Trinajstić information content (AvgIpc) is 2.85. The van der Waals surface area contributed by atoms with E-state index in [1.807, 2.05) is 0 Å². The Kier molecular flexibility index (Phi) is 3.76. The quantitative estimate of drug-likeness (QED) is 0.942. The summed E-state index contributed by atoms with van der Waals surface area (Å²) in [5.74, 6) is 1.17. The molecule has 21 heavy (non-hydrogen) atoms. The first-order chi connectivity index (χ1) is 10.0. The van der Waals surface area contributed by atoms with Gasteiger partial charge in [0.25, 0.3) is 0 Å². The van der Waals surface area contributed by atoms with Gasteiger partial charge in [-0.1, -0.05) is 12.1 Å². The van der Waals surface area contributed by atoms with Crippen molar-refractivity contribution in [3.05, 3.63) is 30.1 Å². The molecule has 1 unspecified atom stereocenters. The number of rotatable bonds is 3. The molecular weight excluding hydrogens is 260 g/mol. The Bertz CT molecular complexity index is 623. The fourth-order valence-electron chi connectivity index (χ4n) is 3.36. The van der Waals surface area contributed by atoms with Crippen LogP contribution in [0, 0.1) is 0 Å². The van der Waals surface area contributed by atoms with E-state index < -0.39 is 0 Å². The lowest BCUT2D eigenvalue weighted by Gasteiger charge is -2.41. The van der Waals surface area contributed by atoms with Crippen molar-refractivity contribution in [1.82, 2.24) is 19.8 Å². The number of aromatic nitrogens is 2. The standard InChI is InChI=1S/C17H26N4/c1-13(21-11-9-17(2,18-3)10-12-21)16-19-14-7-5-6-8-15(14)20(16)4/h5-8,13,18H,9-12H2,1-4H3. The molecule has 3 rings (SSSR count).